The highest BCUT2D eigenvalue weighted by molar-refractivity contribution is 5.43. The average molecular weight is 382 g/mol. The summed E-state index contributed by atoms with van der Waals surface area (Å²) in [7, 11) is 1.63. The highest BCUT2D eigenvalue weighted by Gasteiger charge is 2.12. The molecule has 2 N–H and O–H groups in total. The molecule has 1 aromatic heterocycles. The van der Waals surface area contributed by atoms with Crippen LogP contribution in [0.5, 0.6) is 11.5 Å². The van der Waals surface area contributed by atoms with Gasteiger partial charge < -0.3 is 24.4 Å². The zero-order valence-corrected chi connectivity index (χ0v) is 16.5. The van der Waals surface area contributed by atoms with E-state index in [0.29, 0.717) is 24.7 Å². The minimum Gasteiger partial charge on any atom is -0.493 e. The Hall–Kier alpha value is -2.83. The van der Waals surface area contributed by atoms with Crippen LogP contribution < -0.4 is 14.8 Å². The minimum absolute atomic E-state index is 0.0560. The number of hydrogen-bond acceptors (Lipinski definition) is 6. The normalized spacial score (nSPS) is 10.9. The molecule has 0 radical (unpaired) electrons. The summed E-state index contributed by atoms with van der Waals surface area (Å²) >= 11 is 0. The largest absolute Gasteiger partial charge is 0.493 e. The summed E-state index contributed by atoms with van der Waals surface area (Å²) in [5, 5.41) is 16.6. The topological polar surface area (TPSA) is 76.8 Å². The Morgan fingerprint density at radius 1 is 1.00 bits per heavy atom. The zero-order valence-electron chi connectivity index (χ0n) is 16.5. The monoisotopic (exact) mass is 382 g/mol. The Kier molecular flexibility index (Phi) is 6.68. The molecule has 0 unspecified atom stereocenters. The van der Waals surface area contributed by atoms with Crippen molar-refractivity contribution >= 4 is 0 Å². The standard InChI is InChI=1S/C22H26N2O4/c1-15-20(16(2)28-24-15)14-27-21-8-7-18(10-22(21)26-3)12-23-11-17-5-4-6-19(9-17)13-25/h4-10,23,25H,11-14H2,1-3H3. The van der Waals surface area contributed by atoms with Crippen molar-refractivity contribution in [3.05, 3.63) is 76.2 Å². The van der Waals surface area contributed by atoms with Crippen molar-refractivity contribution in [2.45, 2.75) is 40.2 Å². The molecule has 0 spiro atoms. The van der Waals surface area contributed by atoms with Crippen LogP contribution in [-0.2, 0) is 26.3 Å². The second-order valence-electron chi connectivity index (χ2n) is 6.66. The summed E-state index contributed by atoms with van der Waals surface area (Å²) in [5.41, 5.74) is 4.94. The van der Waals surface area contributed by atoms with Gasteiger partial charge in [0.15, 0.2) is 11.5 Å². The molecule has 1 heterocycles. The van der Waals surface area contributed by atoms with E-state index in [1.807, 2.05) is 56.3 Å². The molecule has 0 saturated carbocycles. The van der Waals surface area contributed by atoms with Gasteiger partial charge in [0.25, 0.3) is 0 Å². The molecule has 2 aromatic carbocycles. The molecule has 0 atom stereocenters. The van der Waals surface area contributed by atoms with Gasteiger partial charge in [0.1, 0.15) is 12.4 Å². The second kappa shape index (κ2) is 9.39. The van der Waals surface area contributed by atoms with Gasteiger partial charge in [-0.05, 0) is 42.7 Å². The van der Waals surface area contributed by atoms with Crippen LogP contribution >= 0.6 is 0 Å². The smallest absolute Gasteiger partial charge is 0.161 e. The predicted octanol–water partition coefficient (Wildman–Crippen LogP) is 3.66. The summed E-state index contributed by atoms with van der Waals surface area (Å²) in [6.07, 6.45) is 0. The molecular weight excluding hydrogens is 356 g/mol. The van der Waals surface area contributed by atoms with Gasteiger partial charge in [0.05, 0.1) is 25.0 Å². The van der Waals surface area contributed by atoms with Crippen molar-refractivity contribution in [1.29, 1.82) is 0 Å². The molecular formula is C22H26N2O4. The average Bonchev–Trinajstić information content (AvgIpc) is 3.04. The molecule has 3 rings (SSSR count). The van der Waals surface area contributed by atoms with E-state index < -0.39 is 0 Å². The van der Waals surface area contributed by atoms with Crippen molar-refractivity contribution in [3.63, 3.8) is 0 Å². The second-order valence-corrected chi connectivity index (χ2v) is 6.66. The van der Waals surface area contributed by atoms with Gasteiger partial charge in [-0.15, -0.1) is 0 Å². The predicted molar refractivity (Wildman–Crippen MR) is 106 cm³/mol. The number of ether oxygens (including phenoxy) is 2. The van der Waals surface area contributed by atoms with Crippen molar-refractivity contribution < 1.29 is 19.1 Å². The number of benzene rings is 2. The summed E-state index contributed by atoms with van der Waals surface area (Å²) in [6.45, 7) is 5.64. The molecule has 148 valence electrons. The van der Waals surface area contributed by atoms with Gasteiger partial charge in [0.2, 0.25) is 0 Å². The number of aryl methyl sites for hydroxylation is 2. The number of aliphatic hydroxyl groups is 1. The van der Waals surface area contributed by atoms with E-state index in [1.54, 1.807) is 7.11 Å². The van der Waals surface area contributed by atoms with Crippen LogP contribution in [0.4, 0.5) is 0 Å². The van der Waals surface area contributed by atoms with E-state index in [2.05, 4.69) is 10.5 Å². The Morgan fingerprint density at radius 3 is 2.43 bits per heavy atom. The highest BCUT2D eigenvalue weighted by Crippen LogP contribution is 2.29. The number of nitrogens with zero attached hydrogens (tertiary/aromatic N) is 1. The molecule has 0 amide bonds. The van der Waals surface area contributed by atoms with Crippen molar-refractivity contribution in [1.82, 2.24) is 10.5 Å². The Morgan fingerprint density at radius 2 is 1.75 bits per heavy atom. The van der Waals surface area contributed by atoms with Crippen LogP contribution in [0.3, 0.4) is 0 Å². The SMILES string of the molecule is COc1cc(CNCc2cccc(CO)c2)ccc1OCc1c(C)noc1C. The van der Waals surface area contributed by atoms with E-state index in [1.165, 1.54) is 0 Å². The van der Waals surface area contributed by atoms with E-state index in [-0.39, 0.29) is 6.61 Å². The van der Waals surface area contributed by atoms with Crippen molar-refractivity contribution in [3.8, 4) is 11.5 Å². The maximum absolute atomic E-state index is 9.23. The van der Waals surface area contributed by atoms with Crippen LogP contribution in [0.2, 0.25) is 0 Å². The molecule has 6 heteroatoms. The lowest BCUT2D eigenvalue weighted by Crippen LogP contribution is -2.13. The first-order valence-corrected chi connectivity index (χ1v) is 9.21. The van der Waals surface area contributed by atoms with Gasteiger partial charge in [0, 0.05) is 13.1 Å². The summed E-state index contributed by atoms with van der Waals surface area (Å²) in [6, 6.07) is 13.8. The number of rotatable bonds is 9. The number of aliphatic hydroxyl groups excluding tert-OH is 1. The Labute approximate surface area is 165 Å². The summed E-state index contributed by atoms with van der Waals surface area (Å²) in [4.78, 5) is 0. The van der Waals surface area contributed by atoms with Gasteiger partial charge in [-0.1, -0.05) is 35.5 Å². The van der Waals surface area contributed by atoms with Crippen molar-refractivity contribution in [2.24, 2.45) is 0 Å². The molecule has 0 aliphatic heterocycles. The van der Waals surface area contributed by atoms with Gasteiger partial charge in [-0.2, -0.15) is 0 Å². The van der Waals surface area contributed by atoms with Crippen LogP contribution in [-0.4, -0.2) is 17.4 Å². The number of methoxy groups -OCH3 is 1. The molecule has 0 saturated heterocycles. The van der Waals surface area contributed by atoms with E-state index in [4.69, 9.17) is 14.0 Å². The van der Waals surface area contributed by atoms with Gasteiger partial charge in [-0.3, -0.25) is 0 Å². The lowest BCUT2D eigenvalue weighted by atomic mass is 10.1. The van der Waals surface area contributed by atoms with Crippen LogP contribution in [0.25, 0.3) is 0 Å². The number of nitrogens with one attached hydrogen (secondary N) is 1. The van der Waals surface area contributed by atoms with Crippen LogP contribution in [0, 0.1) is 13.8 Å². The number of aromatic nitrogens is 1. The first kappa shape index (κ1) is 19.9. The van der Waals surface area contributed by atoms with Gasteiger partial charge >= 0.3 is 0 Å². The van der Waals surface area contributed by atoms with E-state index in [0.717, 1.165) is 40.3 Å². The molecule has 0 aliphatic carbocycles. The lowest BCUT2D eigenvalue weighted by molar-refractivity contribution is 0.281. The third kappa shape index (κ3) is 4.91. The maximum atomic E-state index is 9.23. The first-order valence-electron chi connectivity index (χ1n) is 9.21. The maximum Gasteiger partial charge on any atom is 0.161 e. The first-order chi connectivity index (χ1) is 13.6. The Balaban J connectivity index is 1.59. The molecule has 3 aromatic rings. The fourth-order valence-electron chi connectivity index (χ4n) is 2.99. The lowest BCUT2D eigenvalue weighted by Gasteiger charge is -2.13. The van der Waals surface area contributed by atoms with Crippen molar-refractivity contribution in [2.75, 3.05) is 7.11 Å². The molecule has 0 bridgehead atoms. The minimum atomic E-state index is 0.0560. The van der Waals surface area contributed by atoms with Crippen LogP contribution in [0.15, 0.2) is 47.0 Å². The zero-order chi connectivity index (χ0) is 19.9. The highest BCUT2D eigenvalue weighted by atomic mass is 16.5. The third-order valence-corrected chi connectivity index (χ3v) is 4.61. The molecule has 28 heavy (non-hydrogen) atoms. The summed E-state index contributed by atoms with van der Waals surface area (Å²) < 4.78 is 16.6. The fourth-order valence-corrected chi connectivity index (χ4v) is 2.99. The molecule has 6 nitrogen and oxygen atoms in total. The molecule has 0 fully saturated rings. The summed E-state index contributed by atoms with van der Waals surface area (Å²) in [5.74, 6) is 2.14. The van der Waals surface area contributed by atoms with Crippen LogP contribution in [0.1, 0.15) is 33.7 Å². The Bertz CT molecular complexity index is 901. The fraction of sp³-hybridized carbons (Fsp3) is 0.318. The third-order valence-electron chi connectivity index (χ3n) is 4.61. The van der Waals surface area contributed by atoms with E-state index in [9.17, 15) is 5.11 Å². The molecule has 0 aliphatic rings. The number of hydrogen-bond donors (Lipinski definition) is 2. The van der Waals surface area contributed by atoms with Gasteiger partial charge in [-0.25, -0.2) is 0 Å². The quantitative estimate of drug-likeness (QED) is 0.588. The van der Waals surface area contributed by atoms with E-state index >= 15 is 0 Å².